The second-order valence-corrected chi connectivity index (χ2v) is 8.25. The van der Waals surface area contributed by atoms with E-state index in [1.165, 1.54) is 0 Å². The van der Waals surface area contributed by atoms with Gasteiger partial charge in [0.25, 0.3) is 5.91 Å². The van der Waals surface area contributed by atoms with Crippen molar-refractivity contribution in [1.29, 1.82) is 0 Å². The van der Waals surface area contributed by atoms with Gasteiger partial charge in [-0.1, -0.05) is 30.3 Å². The summed E-state index contributed by atoms with van der Waals surface area (Å²) in [5, 5.41) is 3.08. The first-order chi connectivity index (χ1) is 14.2. The minimum absolute atomic E-state index is 0.0190. The van der Waals surface area contributed by atoms with Gasteiger partial charge < -0.3 is 19.5 Å². The molecule has 7 nitrogen and oxygen atoms in total. The van der Waals surface area contributed by atoms with E-state index in [0.29, 0.717) is 50.8 Å². The number of nitrogens with zero attached hydrogens (tertiary/aromatic N) is 3. The van der Waals surface area contributed by atoms with Crippen molar-refractivity contribution in [3.8, 4) is 0 Å². The Balaban J connectivity index is 1.22. The normalized spacial score (nSPS) is 22.2. The van der Waals surface area contributed by atoms with Crippen LogP contribution >= 0.6 is 0 Å². The van der Waals surface area contributed by atoms with Crippen molar-refractivity contribution < 1.29 is 14.3 Å². The Bertz CT molecular complexity index is 898. The average Bonchev–Trinajstić information content (AvgIpc) is 3.49. The van der Waals surface area contributed by atoms with E-state index < -0.39 is 0 Å². The zero-order chi connectivity index (χ0) is 19.8. The number of amides is 2. The molecule has 2 aliphatic heterocycles. The summed E-state index contributed by atoms with van der Waals surface area (Å²) in [4.78, 5) is 31.5. The van der Waals surface area contributed by atoms with E-state index in [1.807, 2.05) is 27.7 Å². The van der Waals surface area contributed by atoms with Gasteiger partial charge in [-0.15, -0.1) is 0 Å². The third-order valence-electron chi connectivity index (χ3n) is 6.18. The van der Waals surface area contributed by atoms with Crippen molar-refractivity contribution in [2.24, 2.45) is 5.92 Å². The Labute approximate surface area is 170 Å². The minimum atomic E-state index is -0.0541. The van der Waals surface area contributed by atoms with Crippen LogP contribution in [0.15, 0.2) is 36.7 Å². The second-order valence-electron chi connectivity index (χ2n) is 8.25. The van der Waals surface area contributed by atoms with E-state index in [4.69, 9.17) is 4.74 Å². The number of benzene rings is 1. The largest absolute Gasteiger partial charge is 0.365 e. The predicted octanol–water partition coefficient (Wildman–Crippen LogP) is 2.29. The molecule has 2 aromatic rings. The van der Waals surface area contributed by atoms with Crippen LogP contribution in [0, 0.1) is 5.92 Å². The molecule has 0 bridgehead atoms. The molecule has 1 aromatic carbocycles. The first kappa shape index (κ1) is 18.4. The van der Waals surface area contributed by atoms with Gasteiger partial charge in [-0.2, -0.15) is 0 Å². The number of hydrogen-bond donors (Lipinski definition) is 1. The lowest BCUT2D eigenvalue weighted by Crippen LogP contribution is -2.43. The molecule has 1 aromatic heterocycles. The number of ether oxygens (including phenoxy) is 1. The van der Waals surface area contributed by atoms with Crippen molar-refractivity contribution in [2.75, 3.05) is 13.1 Å². The van der Waals surface area contributed by atoms with Crippen LogP contribution in [0.25, 0.3) is 0 Å². The fourth-order valence-electron chi connectivity index (χ4n) is 4.22. The Morgan fingerprint density at radius 3 is 2.55 bits per heavy atom. The van der Waals surface area contributed by atoms with Crippen molar-refractivity contribution >= 4 is 11.8 Å². The number of hydrogen-bond acceptors (Lipinski definition) is 4. The molecule has 29 heavy (non-hydrogen) atoms. The molecule has 1 saturated carbocycles. The highest BCUT2D eigenvalue weighted by molar-refractivity contribution is 5.93. The molecule has 5 rings (SSSR count). The average molecular weight is 394 g/mol. The van der Waals surface area contributed by atoms with Gasteiger partial charge in [0.2, 0.25) is 5.91 Å². The Hall–Kier alpha value is -2.67. The lowest BCUT2D eigenvalue weighted by atomic mass is 9.95. The zero-order valence-electron chi connectivity index (χ0n) is 16.4. The first-order valence-electron chi connectivity index (χ1n) is 10.5. The monoisotopic (exact) mass is 394 g/mol. The van der Waals surface area contributed by atoms with Crippen LogP contribution in [-0.4, -0.2) is 45.4 Å². The number of carbonyl (C=O) groups excluding carboxylic acids is 2. The zero-order valence-corrected chi connectivity index (χ0v) is 16.4. The van der Waals surface area contributed by atoms with E-state index >= 15 is 0 Å². The highest BCUT2D eigenvalue weighted by Gasteiger charge is 2.33. The van der Waals surface area contributed by atoms with Crippen molar-refractivity contribution in [1.82, 2.24) is 19.8 Å². The topological polar surface area (TPSA) is 76.5 Å². The fourth-order valence-corrected chi connectivity index (χ4v) is 4.22. The van der Waals surface area contributed by atoms with Crippen LogP contribution in [-0.2, 0) is 22.7 Å². The summed E-state index contributed by atoms with van der Waals surface area (Å²) in [6.45, 7) is 2.23. The van der Waals surface area contributed by atoms with Crippen molar-refractivity contribution in [3.63, 3.8) is 0 Å². The van der Waals surface area contributed by atoms with Gasteiger partial charge in [0.1, 0.15) is 6.10 Å². The first-order valence-corrected chi connectivity index (χ1v) is 10.5. The van der Waals surface area contributed by atoms with E-state index in [9.17, 15) is 9.59 Å². The Kier molecular flexibility index (Phi) is 4.83. The smallest absolute Gasteiger partial charge is 0.274 e. The number of fused-ring (bicyclic) bond motifs is 1. The third kappa shape index (κ3) is 3.79. The summed E-state index contributed by atoms with van der Waals surface area (Å²) in [5.41, 5.74) is 2.46. The van der Waals surface area contributed by atoms with Crippen molar-refractivity contribution in [3.05, 3.63) is 53.6 Å². The quantitative estimate of drug-likeness (QED) is 0.863. The fraction of sp³-hybridized carbons (Fsp3) is 0.500. The van der Waals surface area contributed by atoms with Gasteiger partial charge in [-0.05, 0) is 31.2 Å². The molecule has 2 amide bonds. The van der Waals surface area contributed by atoms with E-state index in [-0.39, 0.29) is 23.8 Å². The number of nitrogens with one attached hydrogen (secondary N) is 1. The summed E-state index contributed by atoms with van der Waals surface area (Å²) in [7, 11) is 0. The van der Waals surface area contributed by atoms with Crippen LogP contribution in [0.3, 0.4) is 0 Å². The molecular weight excluding hydrogens is 368 g/mol. The molecule has 0 spiro atoms. The summed E-state index contributed by atoms with van der Waals surface area (Å²) < 4.78 is 8.07. The lowest BCUT2D eigenvalue weighted by Gasteiger charge is -2.31. The summed E-state index contributed by atoms with van der Waals surface area (Å²) in [5.74, 6) is 0.117. The number of aromatic nitrogens is 2. The number of likely N-dealkylation sites (tertiary alicyclic amines) is 1. The molecule has 1 N–H and O–H groups in total. The molecule has 1 unspecified atom stereocenters. The maximum absolute atomic E-state index is 13.0. The summed E-state index contributed by atoms with van der Waals surface area (Å²) in [6, 6.07) is 10.5. The van der Waals surface area contributed by atoms with Crippen LogP contribution < -0.4 is 5.32 Å². The lowest BCUT2D eigenvalue weighted by molar-refractivity contribution is -0.126. The molecular formula is C22H26N4O3. The highest BCUT2D eigenvalue weighted by Crippen LogP contribution is 2.29. The predicted molar refractivity (Wildman–Crippen MR) is 106 cm³/mol. The van der Waals surface area contributed by atoms with E-state index in [1.54, 1.807) is 6.33 Å². The second kappa shape index (κ2) is 7.63. The minimum Gasteiger partial charge on any atom is -0.365 e. The third-order valence-corrected chi connectivity index (χ3v) is 6.18. The van der Waals surface area contributed by atoms with Crippen LogP contribution in [0.5, 0.6) is 0 Å². The molecule has 7 heteroatoms. The van der Waals surface area contributed by atoms with Gasteiger partial charge >= 0.3 is 0 Å². The number of imidazole rings is 1. The molecule has 3 heterocycles. The standard InChI is InChI=1S/C22H26N4O3/c27-21(24-17-6-7-17)16-8-10-25(11-9-16)22(28)20-18-13-29-19(12-26(18)14-23-20)15-4-2-1-3-5-15/h1-5,14,16-17,19H,6-13H2,(H,24,27). The van der Waals surface area contributed by atoms with Gasteiger partial charge in [0.15, 0.2) is 5.69 Å². The molecule has 0 radical (unpaired) electrons. The van der Waals surface area contributed by atoms with Gasteiger partial charge in [-0.3, -0.25) is 9.59 Å². The van der Waals surface area contributed by atoms with Gasteiger partial charge in [-0.25, -0.2) is 4.98 Å². The van der Waals surface area contributed by atoms with Crippen LogP contribution in [0.4, 0.5) is 0 Å². The van der Waals surface area contributed by atoms with E-state index in [0.717, 1.165) is 24.1 Å². The Morgan fingerprint density at radius 1 is 1.07 bits per heavy atom. The summed E-state index contributed by atoms with van der Waals surface area (Å²) in [6.07, 6.45) is 5.35. The number of piperidine rings is 1. The molecule has 1 aliphatic carbocycles. The van der Waals surface area contributed by atoms with E-state index in [2.05, 4.69) is 22.4 Å². The Morgan fingerprint density at radius 2 is 1.83 bits per heavy atom. The number of rotatable bonds is 4. The number of carbonyl (C=O) groups is 2. The summed E-state index contributed by atoms with van der Waals surface area (Å²) >= 11 is 0. The molecule has 1 saturated heterocycles. The molecule has 3 aliphatic rings. The molecule has 152 valence electrons. The highest BCUT2D eigenvalue weighted by atomic mass is 16.5. The maximum atomic E-state index is 13.0. The SMILES string of the molecule is O=C(NC1CC1)C1CCN(C(=O)c2ncn3c2COC(c2ccccc2)C3)CC1. The van der Waals surface area contributed by atoms with Gasteiger partial charge in [0, 0.05) is 25.0 Å². The molecule has 1 atom stereocenters. The maximum Gasteiger partial charge on any atom is 0.274 e. The molecule has 2 fully saturated rings. The van der Waals surface area contributed by atoms with Crippen LogP contribution in [0.1, 0.15) is 53.5 Å². The van der Waals surface area contributed by atoms with Crippen LogP contribution in [0.2, 0.25) is 0 Å². The van der Waals surface area contributed by atoms with Crippen molar-refractivity contribution in [2.45, 2.75) is 51.0 Å². The van der Waals surface area contributed by atoms with Gasteiger partial charge in [0.05, 0.1) is 25.2 Å².